The van der Waals surface area contributed by atoms with Crippen LogP contribution >= 0.6 is 24.0 Å². The molecule has 0 bridgehead atoms. The van der Waals surface area contributed by atoms with Crippen LogP contribution in [0.4, 0.5) is 0 Å². The van der Waals surface area contributed by atoms with Crippen LogP contribution in [0.1, 0.15) is 32.4 Å². The van der Waals surface area contributed by atoms with Crippen LogP contribution in [0.5, 0.6) is 0 Å². The first-order valence-corrected chi connectivity index (χ1v) is 6.14. The van der Waals surface area contributed by atoms with Crippen molar-refractivity contribution < 1.29 is 0 Å². The number of rotatable bonds is 2. The first kappa shape index (κ1) is 15.3. The highest BCUT2D eigenvalue weighted by molar-refractivity contribution is 14.0. The molecular formula is C14H22IN3. The Balaban J connectivity index is 0.00000162. The Morgan fingerprint density at radius 1 is 1.28 bits per heavy atom. The minimum absolute atomic E-state index is 0. The SMILES string of the molecule is CC(C)(C)CNC1=NCC(c2ccccc2)N1.I. The van der Waals surface area contributed by atoms with Gasteiger partial charge in [0.15, 0.2) is 5.96 Å². The van der Waals surface area contributed by atoms with Crippen LogP contribution in [0.3, 0.4) is 0 Å². The fourth-order valence-corrected chi connectivity index (χ4v) is 1.77. The van der Waals surface area contributed by atoms with Gasteiger partial charge in [-0.15, -0.1) is 24.0 Å². The van der Waals surface area contributed by atoms with Gasteiger partial charge in [0.25, 0.3) is 0 Å². The molecular weight excluding hydrogens is 337 g/mol. The van der Waals surface area contributed by atoms with Gasteiger partial charge in [-0.25, -0.2) is 0 Å². The highest BCUT2D eigenvalue weighted by atomic mass is 127. The van der Waals surface area contributed by atoms with E-state index in [1.165, 1.54) is 5.56 Å². The number of hydrogen-bond donors (Lipinski definition) is 2. The van der Waals surface area contributed by atoms with E-state index in [-0.39, 0.29) is 29.4 Å². The van der Waals surface area contributed by atoms with E-state index >= 15 is 0 Å². The molecule has 1 atom stereocenters. The molecule has 0 saturated carbocycles. The van der Waals surface area contributed by atoms with Gasteiger partial charge in [-0.1, -0.05) is 51.1 Å². The lowest BCUT2D eigenvalue weighted by molar-refractivity contribution is 0.407. The Labute approximate surface area is 126 Å². The van der Waals surface area contributed by atoms with Gasteiger partial charge in [0.05, 0.1) is 12.6 Å². The first-order valence-electron chi connectivity index (χ1n) is 6.14. The molecule has 1 aliphatic heterocycles. The predicted molar refractivity (Wildman–Crippen MR) is 87.5 cm³/mol. The molecule has 0 saturated heterocycles. The highest BCUT2D eigenvalue weighted by Crippen LogP contribution is 2.16. The Morgan fingerprint density at radius 3 is 2.56 bits per heavy atom. The summed E-state index contributed by atoms with van der Waals surface area (Å²) in [6.07, 6.45) is 0. The van der Waals surface area contributed by atoms with E-state index in [0.717, 1.165) is 19.0 Å². The molecule has 3 nitrogen and oxygen atoms in total. The molecule has 2 N–H and O–H groups in total. The number of guanidine groups is 1. The lowest BCUT2D eigenvalue weighted by Crippen LogP contribution is -2.39. The summed E-state index contributed by atoms with van der Waals surface area (Å²) in [6.45, 7) is 8.38. The number of halogens is 1. The van der Waals surface area contributed by atoms with Crippen molar-refractivity contribution in [3.63, 3.8) is 0 Å². The zero-order valence-electron chi connectivity index (χ0n) is 11.2. The van der Waals surface area contributed by atoms with E-state index in [2.05, 4.69) is 60.7 Å². The van der Waals surface area contributed by atoms with Crippen LogP contribution in [0.25, 0.3) is 0 Å². The lowest BCUT2D eigenvalue weighted by Gasteiger charge is -2.20. The van der Waals surface area contributed by atoms with Crippen molar-refractivity contribution in [1.82, 2.24) is 10.6 Å². The van der Waals surface area contributed by atoms with Crippen LogP contribution in [-0.4, -0.2) is 19.0 Å². The van der Waals surface area contributed by atoms with E-state index in [1.807, 2.05) is 6.07 Å². The topological polar surface area (TPSA) is 36.4 Å². The molecule has 100 valence electrons. The first-order chi connectivity index (χ1) is 8.04. The molecule has 0 aromatic heterocycles. The number of aliphatic imine (C=N–C) groups is 1. The molecule has 0 amide bonds. The number of nitrogens with one attached hydrogen (secondary N) is 2. The van der Waals surface area contributed by atoms with E-state index < -0.39 is 0 Å². The van der Waals surface area contributed by atoms with E-state index in [9.17, 15) is 0 Å². The van der Waals surface area contributed by atoms with Crippen molar-refractivity contribution >= 4 is 29.9 Å². The van der Waals surface area contributed by atoms with Crippen molar-refractivity contribution in [3.8, 4) is 0 Å². The average molecular weight is 359 g/mol. The third-order valence-electron chi connectivity index (χ3n) is 2.73. The maximum atomic E-state index is 4.49. The van der Waals surface area contributed by atoms with E-state index in [0.29, 0.717) is 6.04 Å². The summed E-state index contributed by atoms with van der Waals surface area (Å²) < 4.78 is 0. The summed E-state index contributed by atoms with van der Waals surface area (Å²) in [5.74, 6) is 0.925. The van der Waals surface area contributed by atoms with E-state index in [1.54, 1.807) is 0 Å². The Morgan fingerprint density at radius 2 is 1.94 bits per heavy atom. The molecule has 1 aromatic carbocycles. The van der Waals surface area contributed by atoms with Gasteiger partial charge < -0.3 is 10.6 Å². The van der Waals surface area contributed by atoms with Gasteiger partial charge in [0.1, 0.15) is 0 Å². The fourth-order valence-electron chi connectivity index (χ4n) is 1.77. The second-order valence-electron chi connectivity index (χ2n) is 5.71. The molecule has 0 radical (unpaired) electrons. The van der Waals surface area contributed by atoms with Crippen molar-refractivity contribution in [3.05, 3.63) is 35.9 Å². The number of nitrogens with zero attached hydrogens (tertiary/aromatic N) is 1. The quantitative estimate of drug-likeness (QED) is 0.797. The maximum Gasteiger partial charge on any atom is 0.191 e. The normalized spacial score (nSPS) is 18.6. The van der Waals surface area contributed by atoms with Gasteiger partial charge >= 0.3 is 0 Å². The zero-order valence-corrected chi connectivity index (χ0v) is 13.6. The largest absolute Gasteiger partial charge is 0.356 e. The van der Waals surface area contributed by atoms with Crippen molar-refractivity contribution in [2.24, 2.45) is 10.4 Å². The number of benzene rings is 1. The summed E-state index contributed by atoms with van der Waals surface area (Å²) in [5.41, 5.74) is 1.57. The fraction of sp³-hybridized carbons (Fsp3) is 0.500. The molecule has 0 spiro atoms. The van der Waals surface area contributed by atoms with Crippen LogP contribution in [-0.2, 0) is 0 Å². The lowest BCUT2D eigenvalue weighted by atomic mass is 9.97. The summed E-state index contributed by atoms with van der Waals surface area (Å²) in [5, 5.41) is 6.78. The smallest absolute Gasteiger partial charge is 0.191 e. The van der Waals surface area contributed by atoms with Gasteiger partial charge in [-0.05, 0) is 11.0 Å². The monoisotopic (exact) mass is 359 g/mol. The maximum absolute atomic E-state index is 4.49. The van der Waals surface area contributed by atoms with Gasteiger partial charge in [0.2, 0.25) is 0 Å². The molecule has 0 aliphatic carbocycles. The van der Waals surface area contributed by atoms with Crippen LogP contribution in [0.15, 0.2) is 35.3 Å². The van der Waals surface area contributed by atoms with Crippen molar-refractivity contribution in [1.29, 1.82) is 0 Å². The zero-order chi connectivity index (χ0) is 12.3. The van der Waals surface area contributed by atoms with Gasteiger partial charge in [0, 0.05) is 6.54 Å². The molecule has 1 heterocycles. The van der Waals surface area contributed by atoms with Gasteiger partial charge in [-0.3, -0.25) is 4.99 Å². The predicted octanol–water partition coefficient (Wildman–Crippen LogP) is 2.94. The molecule has 4 heteroatoms. The second kappa shape index (κ2) is 6.41. The average Bonchev–Trinajstić information content (AvgIpc) is 2.75. The molecule has 1 aliphatic rings. The van der Waals surface area contributed by atoms with Crippen molar-refractivity contribution in [2.75, 3.05) is 13.1 Å². The Kier molecular flexibility index (Phi) is 5.44. The minimum Gasteiger partial charge on any atom is -0.356 e. The van der Waals surface area contributed by atoms with E-state index in [4.69, 9.17) is 0 Å². The van der Waals surface area contributed by atoms with Crippen LogP contribution < -0.4 is 10.6 Å². The second-order valence-corrected chi connectivity index (χ2v) is 5.71. The molecule has 1 unspecified atom stereocenters. The summed E-state index contributed by atoms with van der Waals surface area (Å²) in [7, 11) is 0. The third-order valence-corrected chi connectivity index (χ3v) is 2.73. The molecule has 0 fully saturated rings. The highest BCUT2D eigenvalue weighted by Gasteiger charge is 2.19. The third kappa shape index (κ3) is 4.48. The summed E-state index contributed by atoms with van der Waals surface area (Å²) in [4.78, 5) is 4.49. The number of hydrogen-bond acceptors (Lipinski definition) is 3. The molecule has 1 aromatic rings. The van der Waals surface area contributed by atoms with Crippen LogP contribution in [0, 0.1) is 5.41 Å². The standard InChI is InChI=1S/C14H21N3.HI/c1-14(2,3)10-16-13-15-9-12(17-13)11-7-5-4-6-8-11;/h4-8,12H,9-10H2,1-3H3,(H2,15,16,17);1H. The van der Waals surface area contributed by atoms with Crippen molar-refractivity contribution in [2.45, 2.75) is 26.8 Å². The summed E-state index contributed by atoms with van der Waals surface area (Å²) >= 11 is 0. The Hall–Kier alpha value is -0.780. The Bertz CT molecular complexity index is 395. The molecule has 18 heavy (non-hydrogen) atoms. The van der Waals surface area contributed by atoms with Crippen LogP contribution in [0.2, 0.25) is 0 Å². The summed E-state index contributed by atoms with van der Waals surface area (Å²) in [6, 6.07) is 10.8. The molecule has 2 rings (SSSR count). The van der Waals surface area contributed by atoms with Gasteiger partial charge in [-0.2, -0.15) is 0 Å². The minimum atomic E-state index is 0.